The monoisotopic (exact) mass is 446 g/mol. The smallest absolute Gasteiger partial charge is 0.194 e. The van der Waals surface area contributed by atoms with Crippen LogP contribution in [0.15, 0.2) is 34.8 Å². The van der Waals surface area contributed by atoms with Gasteiger partial charge >= 0.3 is 0 Å². The number of hydrogen-bond donors (Lipinski definition) is 2. The number of nitrogens with one attached hydrogen (secondary N) is 2. The summed E-state index contributed by atoms with van der Waals surface area (Å²) in [5, 5.41) is 13.8. The normalized spacial score (nSPS) is 15.4. The Balaban J connectivity index is 0.00000192. The molecule has 3 heterocycles. The Labute approximate surface area is 158 Å². The summed E-state index contributed by atoms with van der Waals surface area (Å²) in [5.74, 6) is 0.989. The van der Waals surface area contributed by atoms with Gasteiger partial charge in [-0.3, -0.25) is 5.10 Å². The summed E-state index contributed by atoms with van der Waals surface area (Å²) in [7, 11) is 0. The first kappa shape index (κ1) is 18.1. The van der Waals surface area contributed by atoms with Crippen LogP contribution in [0.25, 0.3) is 0 Å². The lowest BCUT2D eigenvalue weighted by Gasteiger charge is -2.37. The number of nitrogens with zero attached hydrogens (tertiary/aromatic N) is 4. The highest BCUT2D eigenvalue weighted by Crippen LogP contribution is 2.22. The van der Waals surface area contributed by atoms with Gasteiger partial charge in [-0.2, -0.15) is 5.10 Å². The maximum absolute atomic E-state index is 4.71. The molecule has 0 aliphatic carbocycles. The fraction of sp³-hybridized carbons (Fsp3) is 0.467. The molecular formula is C15H23IN6S. The fourth-order valence-corrected chi connectivity index (χ4v) is 3.33. The van der Waals surface area contributed by atoms with E-state index in [-0.39, 0.29) is 24.0 Å². The molecule has 0 bridgehead atoms. The Morgan fingerprint density at radius 3 is 2.78 bits per heavy atom. The summed E-state index contributed by atoms with van der Waals surface area (Å²) in [5.41, 5.74) is 1.03. The van der Waals surface area contributed by atoms with Gasteiger partial charge in [0.15, 0.2) is 5.96 Å². The number of guanidine groups is 1. The van der Waals surface area contributed by atoms with Crippen LogP contribution in [0, 0.1) is 0 Å². The van der Waals surface area contributed by atoms with Crippen molar-refractivity contribution >= 4 is 46.3 Å². The Morgan fingerprint density at radius 1 is 1.35 bits per heavy atom. The molecule has 0 atom stereocenters. The van der Waals surface area contributed by atoms with Crippen molar-refractivity contribution in [2.45, 2.75) is 13.5 Å². The van der Waals surface area contributed by atoms with Crippen molar-refractivity contribution in [1.82, 2.24) is 20.4 Å². The van der Waals surface area contributed by atoms with Crippen LogP contribution in [0.4, 0.5) is 5.00 Å². The number of anilines is 1. The number of rotatable bonds is 4. The highest BCUT2D eigenvalue weighted by atomic mass is 127. The van der Waals surface area contributed by atoms with Crippen molar-refractivity contribution in [3.05, 3.63) is 35.5 Å². The van der Waals surface area contributed by atoms with E-state index < -0.39 is 0 Å². The number of aromatic amines is 1. The molecule has 0 radical (unpaired) electrons. The topological polar surface area (TPSA) is 59.6 Å². The zero-order valence-electron chi connectivity index (χ0n) is 13.2. The van der Waals surface area contributed by atoms with Crippen LogP contribution in [0.5, 0.6) is 0 Å². The highest BCUT2D eigenvalue weighted by Gasteiger charge is 2.20. The minimum Gasteiger partial charge on any atom is -0.360 e. The number of halogens is 1. The van der Waals surface area contributed by atoms with E-state index in [0.29, 0.717) is 6.54 Å². The van der Waals surface area contributed by atoms with E-state index in [1.54, 1.807) is 6.20 Å². The molecule has 0 unspecified atom stereocenters. The summed E-state index contributed by atoms with van der Waals surface area (Å²) in [4.78, 5) is 9.49. The first-order chi connectivity index (χ1) is 10.9. The SMILES string of the molecule is CCNC(=NCc1ccn[nH]1)N1CCN(c2cccs2)CC1.I. The second-order valence-electron chi connectivity index (χ2n) is 5.18. The number of thiophene rings is 1. The van der Waals surface area contributed by atoms with Crippen molar-refractivity contribution in [2.24, 2.45) is 4.99 Å². The Hall–Kier alpha value is -1.29. The predicted octanol–water partition coefficient (Wildman–Crippen LogP) is 2.38. The second-order valence-corrected chi connectivity index (χ2v) is 6.10. The van der Waals surface area contributed by atoms with Gasteiger partial charge in [0, 0.05) is 38.9 Å². The van der Waals surface area contributed by atoms with Crippen LogP contribution in [0.2, 0.25) is 0 Å². The summed E-state index contributed by atoms with van der Waals surface area (Å²) < 4.78 is 0. The second kappa shape index (κ2) is 9.11. The van der Waals surface area contributed by atoms with Crippen molar-refractivity contribution in [3.63, 3.8) is 0 Å². The summed E-state index contributed by atoms with van der Waals surface area (Å²) >= 11 is 1.81. The Bertz CT molecular complexity index is 575. The molecule has 8 heteroatoms. The lowest BCUT2D eigenvalue weighted by atomic mass is 10.3. The van der Waals surface area contributed by atoms with Crippen molar-refractivity contribution in [3.8, 4) is 0 Å². The zero-order chi connectivity index (χ0) is 15.2. The molecule has 2 N–H and O–H groups in total. The Kier molecular flexibility index (Phi) is 7.15. The predicted molar refractivity (Wildman–Crippen MR) is 107 cm³/mol. The number of aliphatic imine (C=N–C) groups is 1. The molecule has 6 nitrogen and oxygen atoms in total. The van der Waals surface area contributed by atoms with Crippen LogP contribution >= 0.6 is 35.3 Å². The molecule has 1 saturated heterocycles. The van der Waals surface area contributed by atoms with E-state index in [9.17, 15) is 0 Å². The minimum atomic E-state index is 0. The van der Waals surface area contributed by atoms with Crippen LogP contribution in [-0.4, -0.2) is 53.8 Å². The summed E-state index contributed by atoms with van der Waals surface area (Å²) in [6.07, 6.45) is 1.76. The largest absolute Gasteiger partial charge is 0.360 e. The van der Waals surface area contributed by atoms with E-state index in [2.05, 4.69) is 49.8 Å². The molecule has 0 spiro atoms. The van der Waals surface area contributed by atoms with Crippen molar-refractivity contribution in [1.29, 1.82) is 0 Å². The van der Waals surface area contributed by atoms with E-state index in [1.165, 1.54) is 5.00 Å². The maximum atomic E-state index is 4.71. The van der Waals surface area contributed by atoms with Gasteiger partial charge in [0.2, 0.25) is 0 Å². The quantitative estimate of drug-likeness (QED) is 0.430. The van der Waals surface area contributed by atoms with Crippen molar-refractivity contribution < 1.29 is 0 Å². The molecule has 2 aromatic rings. The molecule has 0 saturated carbocycles. The molecule has 1 fully saturated rings. The minimum absolute atomic E-state index is 0. The van der Waals surface area contributed by atoms with Crippen LogP contribution in [0.1, 0.15) is 12.6 Å². The van der Waals surface area contributed by atoms with Gasteiger partial charge in [-0.25, -0.2) is 4.99 Å². The fourth-order valence-electron chi connectivity index (χ4n) is 2.55. The van der Waals surface area contributed by atoms with Gasteiger partial charge in [-0.15, -0.1) is 35.3 Å². The maximum Gasteiger partial charge on any atom is 0.194 e. The van der Waals surface area contributed by atoms with E-state index in [1.807, 2.05) is 17.4 Å². The average molecular weight is 446 g/mol. The van der Waals surface area contributed by atoms with Gasteiger partial charge in [0.1, 0.15) is 0 Å². The van der Waals surface area contributed by atoms with Crippen LogP contribution < -0.4 is 10.2 Å². The number of hydrogen-bond acceptors (Lipinski definition) is 4. The van der Waals surface area contributed by atoms with Gasteiger partial charge in [0.25, 0.3) is 0 Å². The number of aromatic nitrogens is 2. The molecule has 1 aliphatic rings. The van der Waals surface area contributed by atoms with Crippen LogP contribution in [-0.2, 0) is 6.54 Å². The number of H-pyrrole nitrogens is 1. The molecule has 3 rings (SSSR count). The van der Waals surface area contributed by atoms with Gasteiger partial charge < -0.3 is 15.1 Å². The third kappa shape index (κ3) is 4.84. The molecule has 0 aromatic carbocycles. The summed E-state index contributed by atoms with van der Waals surface area (Å²) in [6, 6.07) is 6.27. The molecule has 126 valence electrons. The molecule has 0 amide bonds. The standard InChI is InChI=1S/C15H22N6S.HI/c1-2-16-15(17-12-13-5-6-18-19-13)21-9-7-20(8-10-21)14-4-3-11-22-14;/h3-6,11H,2,7-10,12H2,1H3,(H,16,17)(H,18,19);1H. The molecule has 1 aliphatic heterocycles. The lowest BCUT2D eigenvalue weighted by molar-refractivity contribution is 0.373. The van der Waals surface area contributed by atoms with E-state index >= 15 is 0 Å². The average Bonchev–Trinajstić information content (AvgIpc) is 3.25. The molecule has 2 aromatic heterocycles. The van der Waals surface area contributed by atoms with Crippen LogP contribution in [0.3, 0.4) is 0 Å². The van der Waals surface area contributed by atoms with E-state index in [0.717, 1.165) is 44.4 Å². The first-order valence-electron chi connectivity index (χ1n) is 7.67. The van der Waals surface area contributed by atoms with Gasteiger partial charge in [-0.1, -0.05) is 0 Å². The third-order valence-electron chi connectivity index (χ3n) is 3.69. The van der Waals surface area contributed by atoms with Crippen molar-refractivity contribution in [2.75, 3.05) is 37.6 Å². The lowest BCUT2D eigenvalue weighted by Crippen LogP contribution is -2.52. The molecular weight excluding hydrogens is 423 g/mol. The Morgan fingerprint density at radius 2 is 2.17 bits per heavy atom. The van der Waals surface area contributed by atoms with Gasteiger partial charge in [-0.05, 0) is 30.5 Å². The zero-order valence-corrected chi connectivity index (χ0v) is 16.4. The van der Waals surface area contributed by atoms with Gasteiger partial charge in [0.05, 0.1) is 17.2 Å². The highest BCUT2D eigenvalue weighted by molar-refractivity contribution is 14.0. The number of piperazine rings is 1. The molecule has 23 heavy (non-hydrogen) atoms. The van der Waals surface area contributed by atoms with E-state index in [4.69, 9.17) is 4.99 Å². The summed E-state index contributed by atoms with van der Waals surface area (Å²) in [6.45, 7) is 7.68. The first-order valence-corrected chi connectivity index (χ1v) is 8.54. The third-order valence-corrected chi connectivity index (χ3v) is 4.62.